The molecule has 2 aromatic rings. The third-order valence-corrected chi connectivity index (χ3v) is 5.59. The summed E-state index contributed by atoms with van der Waals surface area (Å²) in [5.74, 6) is -3.05. The number of nitrogens with zero attached hydrogens (tertiary/aromatic N) is 2. The Kier molecular flexibility index (Phi) is 7.96. The first kappa shape index (κ1) is 26.4. The van der Waals surface area contributed by atoms with Gasteiger partial charge in [-0.3, -0.25) is 9.59 Å². The number of carbonyl (C=O) groups excluding carboxylic acids is 2. The van der Waals surface area contributed by atoms with Crippen LogP contribution in [0.25, 0.3) is 0 Å². The Morgan fingerprint density at radius 3 is 2.23 bits per heavy atom. The standard InChI is InChI=1S/C23H26F3N3O6/c1-11-14(7-6-8-15(11)23(24,25)26)12(2)27-19-16(22-34-9-10-35-22)18(28-13(3)29-19)17(20(30)32-4)21(31)33-5/h6-8,12,17,22H,9-10H2,1-5H3,(H,27,28,29)/t12-/m1/s1. The van der Waals surface area contributed by atoms with E-state index >= 15 is 0 Å². The lowest BCUT2D eigenvalue weighted by Gasteiger charge is -2.25. The number of halogens is 3. The molecule has 1 aliphatic rings. The van der Waals surface area contributed by atoms with E-state index in [0.717, 1.165) is 20.3 Å². The molecule has 3 rings (SSSR count). The number of aromatic nitrogens is 2. The van der Waals surface area contributed by atoms with Gasteiger partial charge in [0.2, 0.25) is 0 Å². The lowest BCUT2D eigenvalue weighted by atomic mass is 9.96. The largest absolute Gasteiger partial charge is 0.468 e. The van der Waals surface area contributed by atoms with E-state index in [9.17, 15) is 22.8 Å². The number of benzene rings is 1. The highest BCUT2D eigenvalue weighted by Gasteiger charge is 2.39. The number of ether oxygens (including phenoxy) is 4. The van der Waals surface area contributed by atoms with Gasteiger partial charge in [-0.05, 0) is 38.0 Å². The average molecular weight is 497 g/mol. The topological polar surface area (TPSA) is 109 Å². The molecule has 1 fully saturated rings. The highest BCUT2D eigenvalue weighted by Crippen LogP contribution is 2.38. The van der Waals surface area contributed by atoms with Crippen molar-refractivity contribution in [3.05, 3.63) is 52.0 Å². The maximum absolute atomic E-state index is 13.4. The molecule has 1 aromatic heterocycles. The Morgan fingerprint density at radius 2 is 1.69 bits per heavy atom. The second-order valence-corrected chi connectivity index (χ2v) is 7.85. The van der Waals surface area contributed by atoms with Crippen LogP contribution in [0.3, 0.4) is 0 Å². The molecule has 1 N–H and O–H groups in total. The van der Waals surface area contributed by atoms with E-state index in [1.165, 1.54) is 13.0 Å². The lowest BCUT2D eigenvalue weighted by molar-refractivity contribution is -0.154. The predicted molar refractivity (Wildman–Crippen MR) is 116 cm³/mol. The normalized spacial score (nSPS) is 15.2. The Bertz CT molecular complexity index is 1090. The number of alkyl halides is 3. The van der Waals surface area contributed by atoms with Crippen LogP contribution in [-0.2, 0) is 34.7 Å². The number of hydrogen-bond acceptors (Lipinski definition) is 9. The molecule has 0 aliphatic carbocycles. The third kappa shape index (κ3) is 5.54. The molecule has 0 saturated carbocycles. The first-order chi connectivity index (χ1) is 16.5. The SMILES string of the molecule is COC(=O)C(C(=O)OC)c1nc(C)nc(N[C@H](C)c2cccc(C(F)(F)F)c2C)c1C1OCCO1. The van der Waals surface area contributed by atoms with Crippen molar-refractivity contribution in [2.75, 3.05) is 32.8 Å². The number of hydrogen-bond donors (Lipinski definition) is 1. The highest BCUT2D eigenvalue weighted by molar-refractivity contribution is 6.00. The van der Waals surface area contributed by atoms with Gasteiger partial charge in [0.25, 0.3) is 0 Å². The maximum Gasteiger partial charge on any atom is 0.416 e. The molecule has 0 spiro atoms. The fraction of sp³-hybridized carbons (Fsp3) is 0.478. The first-order valence-corrected chi connectivity index (χ1v) is 10.7. The van der Waals surface area contributed by atoms with Crippen LogP contribution in [0.1, 0.15) is 58.9 Å². The summed E-state index contributed by atoms with van der Waals surface area (Å²) in [5.41, 5.74) is -0.191. The van der Waals surface area contributed by atoms with Crippen LogP contribution in [-0.4, -0.2) is 49.3 Å². The quantitative estimate of drug-likeness (QED) is 0.452. The van der Waals surface area contributed by atoms with Crippen LogP contribution in [0.15, 0.2) is 18.2 Å². The van der Waals surface area contributed by atoms with Crippen molar-refractivity contribution in [2.45, 2.75) is 45.2 Å². The Labute approximate surface area is 199 Å². The summed E-state index contributed by atoms with van der Waals surface area (Å²) in [7, 11) is 2.23. The van der Waals surface area contributed by atoms with E-state index in [1.807, 2.05) is 0 Å². The molecule has 190 valence electrons. The molecule has 1 atom stereocenters. The van der Waals surface area contributed by atoms with E-state index in [1.54, 1.807) is 19.9 Å². The van der Waals surface area contributed by atoms with Gasteiger partial charge in [-0.15, -0.1) is 0 Å². The van der Waals surface area contributed by atoms with Crippen molar-refractivity contribution in [3.8, 4) is 0 Å². The molecule has 2 heterocycles. The molecule has 1 aliphatic heterocycles. The minimum absolute atomic E-state index is 0.0430. The number of methoxy groups -OCH3 is 2. The Hall–Kier alpha value is -3.25. The number of nitrogens with one attached hydrogen (secondary N) is 1. The van der Waals surface area contributed by atoms with Gasteiger partial charge in [-0.2, -0.15) is 13.2 Å². The van der Waals surface area contributed by atoms with Crippen molar-refractivity contribution >= 4 is 17.8 Å². The minimum Gasteiger partial charge on any atom is -0.468 e. The van der Waals surface area contributed by atoms with Gasteiger partial charge >= 0.3 is 18.1 Å². The van der Waals surface area contributed by atoms with Gasteiger partial charge in [-0.1, -0.05) is 12.1 Å². The second-order valence-electron chi connectivity index (χ2n) is 7.85. The van der Waals surface area contributed by atoms with Crippen LogP contribution in [0.5, 0.6) is 0 Å². The van der Waals surface area contributed by atoms with E-state index in [-0.39, 0.29) is 41.7 Å². The number of aryl methyl sites for hydroxylation is 1. The van der Waals surface area contributed by atoms with Crippen molar-refractivity contribution in [1.82, 2.24) is 9.97 Å². The van der Waals surface area contributed by atoms with Crippen molar-refractivity contribution in [2.24, 2.45) is 0 Å². The number of esters is 2. The van der Waals surface area contributed by atoms with E-state index in [2.05, 4.69) is 15.3 Å². The fourth-order valence-electron chi connectivity index (χ4n) is 3.96. The summed E-state index contributed by atoms with van der Waals surface area (Å²) in [6.07, 6.45) is -5.54. The summed E-state index contributed by atoms with van der Waals surface area (Å²) in [4.78, 5) is 33.7. The smallest absolute Gasteiger partial charge is 0.416 e. The average Bonchev–Trinajstić information content (AvgIpc) is 3.32. The van der Waals surface area contributed by atoms with E-state index < -0.39 is 41.9 Å². The van der Waals surface area contributed by atoms with Gasteiger partial charge in [0.1, 0.15) is 11.6 Å². The van der Waals surface area contributed by atoms with E-state index in [4.69, 9.17) is 18.9 Å². The van der Waals surface area contributed by atoms with Gasteiger partial charge in [0.05, 0.1) is 50.3 Å². The molecule has 0 unspecified atom stereocenters. The Morgan fingerprint density at radius 1 is 1.09 bits per heavy atom. The van der Waals surface area contributed by atoms with Crippen LogP contribution < -0.4 is 5.32 Å². The zero-order valence-electron chi connectivity index (χ0n) is 19.9. The lowest BCUT2D eigenvalue weighted by Crippen LogP contribution is -2.29. The predicted octanol–water partition coefficient (Wildman–Crippen LogP) is 3.76. The van der Waals surface area contributed by atoms with Crippen LogP contribution in [0.4, 0.5) is 19.0 Å². The summed E-state index contributed by atoms with van der Waals surface area (Å²) in [5, 5.41) is 3.09. The summed E-state index contributed by atoms with van der Waals surface area (Å²) >= 11 is 0. The molecular formula is C23H26F3N3O6. The third-order valence-electron chi connectivity index (χ3n) is 5.59. The zero-order chi connectivity index (χ0) is 25.9. The summed E-state index contributed by atoms with van der Waals surface area (Å²) in [6, 6.07) is 3.26. The highest BCUT2D eigenvalue weighted by atomic mass is 19.4. The maximum atomic E-state index is 13.4. The number of rotatable bonds is 7. The molecule has 0 amide bonds. The molecule has 12 heteroatoms. The van der Waals surface area contributed by atoms with Crippen molar-refractivity contribution in [1.29, 1.82) is 0 Å². The van der Waals surface area contributed by atoms with Gasteiger partial charge in [0, 0.05) is 0 Å². The molecule has 1 aromatic carbocycles. The molecule has 1 saturated heterocycles. The molecular weight excluding hydrogens is 471 g/mol. The fourth-order valence-corrected chi connectivity index (χ4v) is 3.96. The zero-order valence-corrected chi connectivity index (χ0v) is 19.9. The summed E-state index contributed by atoms with van der Waals surface area (Å²) in [6.45, 7) is 5.07. The van der Waals surface area contributed by atoms with Gasteiger partial charge < -0.3 is 24.3 Å². The van der Waals surface area contributed by atoms with Crippen LogP contribution >= 0.6 is 0 Å². The minimum atomic E-state index is -4.51. The molecule has 0 radical (unpaired) electrons. The second kappa shape index (κ2) is 10.6. The Balaban J connectivity index is 2.14. The van der Waals surface area contributed by atoms with Crippen molar-refractivity contribution < 1.29 is 41.7 Å². The molecule has 9 nitrogen and oxygen atoms in total. The molecule has 0 bridgehead atoms. The van der Waals surface area contributed by atoms with Crippen LogP contribution in [0.2, 0.25) is 0 Å². The monoisotopic (exact) mass is 497 g/mol. The number of anilines is 1. The first-order valence-electron chi connectivity index (χ1n) is 10.7. The van der Waals surface area contributed by atoms with Crippen LogP contribution in [0, 0.1) is 13.8 Å². The summed E-state index contributed by atoms with van der Waals surface area (Å²) < 4.78 is 61.1. The van der Waals surface area contributed by atoms with E-state index in [0.29, 0.717) is 5.56 Å². The number of carbonyl (C=O) groups is 2. The molecule has 35 heavy (non-hydrogen) atoms. The van der Waals surface area contributed by atoms with Gasteiger partial charge in [0.15, 0.2) is 12.2 Å². The van der Waals surface area contributed by atoms with Gasteiger partial charge in [-0.25, -0.2) is 9.97 Å². The van der Waals surface area contributed by atoms with Crippen molar-refractivity contribution in [3.63, 3.8) is 0 Å².